The smallest absolute Gasteiger partial charge is 0.384 e. The van der Waals surface area contributed by atoms with Gasteiger partial charge in [-0.3, -0.25) is 0 Å². The number of halogens is 2. The molecule has 1 heterocycles. The Bertz CT molecular complexity index is 387. The van der Waals surface area contributed by atoms with Gasteiger partial charge in [-0.15, -0.1) is 11.3 Å². The van der Waals surface area contributed by atoms with Gasteiger partial charge in [-0.05, 0) is 37.9 Å². The number of rotatable bonds is 0. The zero-order valence-electron chi connectivity index (χ0n) is 6.56. The molecule has 0 aliphatic rings. The molecule has 0 unspecified atom stereocenters. The molecule has 0 aliphatic heterocycles. The van der Waals surface area contributed by atoms with Crippen LogP contribution in [0.25, 0.3) is 0 Å². The fraction of sp³-hybridized carbons (Fsp3) is 0.125. The van der Waals surface area contributed by atoms with Crippen LogP contribution in [0.2, 0.25) is 0 Å². The summed E-state index contributed by atoms with van der Waals surface area (Å²) in [5.74, 6) is 4.51. The molecule has 0 atom stereocenters. The molecule has 5 heteroatoms. The Morgan fingerprint density at radius 2 is 2.31 bits per heavy atom. The highest BCUT2D eigenvalue weighted by Gasteiger charge is 2.01. The van der Waals surface area contributed by atoms with Gasteiger partial charge >= 0.3 is 5.97 Å². The normalized spacial score (nSPS) is 8.85. The van der Waals surface area contributed by atoms with Crippen LogP contribution in [0.4, 0.5) is 0 Å². The average Bonchev–Trinajstić information content (AvgIpc) is 2.41. The van der Waals surface area contributed by atoms with E-state index in [9.17, 15) is 4.79 Å². The van der Waals surface area contributed by atoms with Crippen molar-refractivity contribution in [3.8, 4) is 11.8 Å². The third kappa shape index (κ3) is 3.14. The van der Waals surface area contributed by atoms with Gasteiger partial charge in [0, 0.05) is 5.92 Å². The second-order valence-electron chi connectivity index (χ2n) is 1.98. The summed E-state index contributed by atoms with van der Waals surface area (Å²) in [5.41, 5.74) is 0.780. The maximum absolute atomic E-state index is 10.7. The topological polar surface area (TPSA) is 26.3 Å². The van der Waals surface area contributed by atoms with Gasteiger partial charge in [-0.25, -0.2) is 4.79 Å². The first-order valence-electron chi connectivity index (χ1n) is 3.18. The lowest BCUT2D eigenvalue weighted by molar-refractivity contribution is -0.133. The number of hydrogen-bond donors (Lipinski definition) is 0. The quantitative estimate of drug-likeness (QED) is 0.542. The maximum Gasteiger partial charge on any atom is 0.384 e. The van der Waals surface area contributed by atoms with Crippen molar-refractivity contribution in [3.63, 3.8) is 0 Å². The van der Waals surface area contributed by atoms with Crippen LogP contribution in [0.3, 0.4) is 0 Å². The molecule has 1 aromatic heterocycles. The van der Waals surface area contributed by atoms with E-state index < -0.39 is 5.97 Å². The van der Waals surface area contributed by atoms with E-state index in [1.807, 2.05) is 6.07 Å². The Hall–Kier alpha value is -0.310. The number of carbonyl (C=O) groups excluding carboxylic acids is 1. The highest BCUT2D eigenvalue weighted by atomic mass is 79.9. The highest BCUT2D eigenvalue weighted by Crippen LogP contribution is 2.31. The van der Waals surface area contributed by atoms with E-state index in [1.165, 1.54) is 18.4 Å². The van der Waals surface area contributed by atoms with Gasteiger partial charge in [0.25, 0.3) is 0 Å². The van der Waals surface area contributed by atoms with Crippen molar-refractivity contribution in [2.24, 2.45) is 0 Å². The molecule has 2 nitrogen and oxygen atoms in total. The average molecular weight is 324 g/mol. The maximum atomic E-state index is 10.7. The summed E-state index contributed by atoms with van der Waals surface area (Å²) in [4.78, 5) is 10.7. The fourth-order valence-electron chi connectivity index (χ4n) is 0.595. The van der Waals surface area contributed by atoms with Crippen LogP contribution in [0, 0.1) is 11.8 Å². The summed E-state index contributed by atoms with van der Waals surface area (Å²) >= 11 is 8.14. The van der Waals surface area contributed by atoms with Crippen LogP contribution in [0.1, 0.15) is 5.56 Å². The fourth-order valence-corrected chi connectivity index (χ4v) is 3.27. The Morgan fingerprint density at radius 3 is 2.77 bits per heavy atom. The monoisotopic (exact) mass is 322 g/mol. The van der Waals surface area contributed by atoms with Gasteiger partial charge < -0.3 is 4.74 Å². The molecule has 0 saturated carbocycles. The van der Waals surface area contributed by atoms with Gasteiger partial charge in [-0.1, -0.05) is 5.92 Å². The predicted molar refractivity (Wildman–Crippen MR) is 58.6 cm³/mol. The Balaban J connectivity index is 2.89. The van der Waals surface area contributed by atoms with Gasteiger partial charge in [-0.2, -0.15) is 0 Å². The number of ether oxygens (including phenoxy) is 1. The van der Waals surface area contributed by atoms with E-state index in [-0.39, 0.29) is 0 Å². The Labute approximate surface area is 96.5 Å². The molecule has 13 heavy (non-hydrogen) atoms. The van der Waals surface area contributed by atoms with Crippen molar-refractivity contribution < 1.29 is 9.53 Å². The van der Waals surface area contributed by atoms with Crippen molar-refractivity contribution >= 4 is 49.2 Å². The molecule has 0 spiro atoms. The molecule has 0 aliphatic carbocycles. The molecule has 68 valence electrons. The van der Waals surface area contributed by atoms with Crippen LogP contribution in [0.5, 0.6) is 0 Å². The third-order valence-corrected chi connectivity index (χ3v) is 3.48. The van der Waals surface area contributed by atoms with Crippen molar-refractivity contribution in [3.05, 3.63) is 19.2 Å². The number of esters is 1. The van der Waals surface area contributed by atoms with Crippen molar-refractivity contribution in [1.29, 1.82) is 0 Å². The van der Waals surface area contributed by atoms with Crippen LogP contribution in [0.15, 0.2) is 13.6 Å². The summed E-state index contributed by atoms with van der Waals surface area (Å²) in [6, 6.07) is 1.84. The number of methoxy groups -OCH3 is 1. The second-order valence-corrected chi connectivity index (χ2v) is 5.73. The molecule has 0 bridgehead atoms. The first-order valence-corrected chi connectivity index (χ1v) is 5.58. The first-order chi connectivity index (χ1) is 6.13. The van der Waals surface area contributed by atoms with Crippen molar-refractivity contribution in [1.82, 2.24) is 0 Å². The van der Waals surface area contributed by atoms with Gasteiger partial charge in [0.1, 0.15) is 0 Å². The SMILES string of the molecule is COC(=O)C#Cc1cc(Br)sc1Br. The van der Waals surface area contributed by atoms with Crippen LogP contribution in [-0.4, -0.2) is 13.1 Å². The van der Waals surface area contributed by atoms with Crippen LogP contribution >= 0.6 is 43.2 Å². The number of carbonyl (C=O) groups is 1. The minimum absolute atomic E-state index is 0.533. The van der Waals surface area contributed by atoms with Gasteiger partial charge in [0.05, 0.1) is 20.2 Å². The summed E-state index contributed by atoms with van der Waals surface area (Å²) in [5, 5.41) is 0. The van der Waals surface area contributed by atoms with E-state index in [2.05, 4.69) is 48.4 Å². The van der Waals surface area contributed by atoms with Crippen LogP contribution in [-0.2, 0) is 9.53 Å². The molecule has 0 saturated heterocycles. The molecule has 1 aromatic rings. The lowest BCUT2D eigenvalue weighted by atomic mass is 10.3. The van der Waals surface area contributed by atoms with Crippen molar-refractivity contribution in [2.45, 2.75) is 0 Å². The van der Waals surface area contributed by atoms with Gasteiger partial charge in [0.2, 0.25) is 0 Å². The summed E-state index contributed by atoms with van der Waals surface area (Å²) in [7, 11) is 1.30. The number of hydrogen-bond acceptors (Lipinski definition) is 3. The first kappa shape index (κ1) is 10.8. The molecular weight excluding hydrogens is 320 g/mol. The molecule has 1 rings (SSSR count). The zero-order valence-corrected chi connectivity index (χ0v) is 10.5. The van der Waals surface area contributed by atoms with E-state index in [4.69, 9.17) is 0 Å². The molecule has 0 radical (unpaired) electrons. The summed E-state index contributed by atoms with van der Waals surface area (Å²) in [6.45, 7) is 0. The Morgan fingerprint density at radius 1 is 1.62 bits per heavy atom. The van der Waals surface area contributed by atoms with Gasteiger partial charge in [0.15, 0.2) is 0 Å². The standard InChI is InChI=1S/C8H4Br2O2S/c1-12-7(11)3-2-5-4-6(9)13-8(5)10/h4H,1H3. The molecule has 0 amide bonds. The molecule has 0 aromatic carbocycles. The van der Waals surface area contributed by atoms with Crippen molar-refractivity contribution in [2.75, 3.05) is 7.11 Å². The molecule has 0 N–H and O–H groups in total. The van der Waals surface area contributed by atoms with E-state index in [1.54, 1.807) is 0 Å². The summed E-state index contributed by atoms with van der Waals surface area (Å²) in [6.07, 6.45) is 0. The minimum atomic E-state index is -0.533. The lowest BCUT2D eigenvalue weighted by Crippen LogP contribution is -1.94. The van der Waals surface area contributed by atoms with Crippen LogP contribution < -0.4 is 0 Å². The third-order valence-electron chi connectivity index (χ3n) is 1.14. The van der Waals surface area contributed by atoms with E-state index >= 15 is 0 Å². The summed E-state index contributed by atoms with van der Waals surface area (Å²) < 4.78 is 6.25. The Kier molecular flexibility index (Phi) is 3.97. The largest absolute Gasteiger partial charge is 0.459 e. The molecular formula is C8H4Br2O2S. The molecule has 0 fully saturated rings. The van der Waals surface area contributed by atoms with E-state index in [0.717, 1.165) is 13.1 Å². The second kappa shape index (κ2) is 4.80. The van der Waals surface area contributed by atoms with E-state index in [0.29, 0.717) is 0 Å². The highest BCUT2D eigenvalue weighted by molar-refractivity contribution is 9.12. The zero-order chi connectivity index (χ0) is 9.84. The minimum Gasteiger partial charge on any atom is -0.459 e. The number of thiophene rings is 1. The predicted octanol–water partition coefficient (Wildman–Crippen LogP) is 2.80. The lowest BCUT2D eigenvalue weighted by Gasteiger charge is -1.84.